The van der Waals surface area contributed by atoms with Crippen molar-refractivity contribution in [2.45, 2.75) is 51.6 Å². The number of nitrogens with zero attached hydrogens (tertiary/aromatic N) is 2. The number of hydrogen-bond acceptors (Lipinski definition) is 3. The number of hydrogen-bond donors (Lipinski definition) is 0. The highest BCUT2D eigenvalue weighted by atomic mass is 16.5. The summed E-state index contributed by atoms with van der Waals surface area (Å²) in [5, 5.41) is 0. The fourth-order valence-electron chi connectivity index (χ4n) is 4.27. The van der Waals surface area contributed by atoms with Gasteiger partial charge >= 0.3 is 5.69 Å². The van der Waals surface area contributed by atoms with E-state index in [4.69, 9.17) is 4.74 Å². The van der Waals surface area contributed by atoms with Crippen LogP contribution in [0.15, 0.2) is 9.59 Å². The molecule has 0 spiro atoms. The summed E-state index contributed by atoms with van der Waals surface area (Å²) >= 11 is 0. The highest BCUT2D eigenvalue weighted by Gasteiger charge is 2.49. The van der Waals surface area contributed by atoms with Gasteiger partial charge in [0, 0.05) is 25.9 Å². The molecule has 0 saturated heterocycles. The number of ether oxygens (including phenoxy) is 1. The molecule has 0 N–H and O–H groups in total. The minimum atomic E-state index is -0.344. The second kappa shape index (κ2) is 4.49. The predicted molar refractivity (Wildman–Crippen MR) is 80.9 cm³/mol. The minimum Gasteiger partial charge on any atom is -0.472 e. The van der Waals surface area contributed by atoms with Crippen LogP contribution in [0.25, 0.3) is 0 Å². The second-order valence-corrected chi connectivity index (χ2v) is 7.17. The molecular weight excluding hydrogens is 268 g/mol. The van der Waals surface area contributed by atoms with Crippen LogP contribution in [-0.4, -0.2) is 14.7 Å². The third-order valence-corrected chi connectivity index (χ3v) is 5.45. The summed E-state index contributed by atoms with van der Waals surface area (Å²) in [7, 11) is 3.23. The van der Waals surface area contributed by atoms with Gasteiger partial charge in [-0.2, -0.15) is 0 Å². The Kier molecular flexibility index (Phi) is 3.08. The van der Waals surface area contributed by atoms with Gasteiger partial charge < -0.3 is 4.74 Å². The van der Waals surface area contributed by atoms with E-state index in [0.717, 1.165) is 12.8 Å². The second-order valence-electron chi connectivity index (χ2n) is 7.17. The van der Waals surface area contributed by atoms with E-state index in [0.29, 0.717) is 23.3 Å². The third-order valence-electron chi connectivity index (χ3n) is 5.45. The molecular formula is C16H24N2O3. The first-order chi connectivity index (χ1) is 9.75. The third kappa shape index (κ3) is 1.89. The van der Waals surface area contributed by atoms with Crippen LogP contribution in [0.1, 0.15) is 51.5 Å². The van der Waals surface area contributed by atoms with Crippen molar-refractivity contribution in [3.8, 4) is 5.88 Å². The first kappa shape index (κ1) is 14.4. The van der Waals surface area contributed by atoms with Gasteiger partial charge in [0.05, 0.1) is 5.56 Å². The minimum absolute atomic E-state index is 0.183. The van der Waals surface area contributed by atoms with Crippen LogP contribution < -0.4 is 16.0 Å². The molecule has 1 aromatic rings. The van der Waals surface area contributed by atoms with Gasteiger partial charge in [-0.15, -0.1) is 0 Å². The average Bonchev–Trinajstić information content (AvgIpc) is 2.43. The van der Waals surface area contributed by atoms with Gasteiger partial charge in [-0.05, 0) is 26.2 Å². The zero-order chi connectivity index (χ0) is 15.5. The fourth-order valence-corrected chi connectivity index (χ4v) is 4.27. The van der Waals surface area contributed by atoms with Crippen molar-refractivity contribution < 1.29 is 4.74 Å². The Hall–Kier alpha value is -1.52. The van der Waals surface area contributed by atoms with Crippen molar-refractivity contribution in [2.24, 2.45) is 25.9 Å². The van der Waals surface area contributed by atoms with Gasteiger partial charge in [0.1, 0.15) is 5.60 Å². The van der Waals surface area contributed by atoms with E-state index in [9.17, 15) is 9.59 Å². The highest BCUT2D eigenvalue weighted by molar-refractivity contribution is 5.34. The molecule has 0 bridgehead atoms. The maximum absolute atomic E-state index is 12.7. The lowest BCUT2D eigenvalue weighted by atomic mass is 9.63. The molecule has 1 aliphatic heterocycles. The van der Waals surface area contributed by atoms with Crippen LogP contribution >= 0.6 is 0 Å². The molecule has 2 heterocycles. The van der Waals surface area contributed by atoms with Crippen LogP contribution in [0.2, 0.25) is 0 Å². The summed E-state index contributed by atoms with van der Waals surface area (Å²) < 4.78 is 8.82. The van der Waals surface area contributed by atoms with Gasteiger partial charge in [0.2, 0.25) is 5.88 Å². The summed E-state index contributed by atoms with van der Waals surface area (Å²) in [4.78, 5) is 24.8. The summed E-state index contributed by atoms with van der Waals surface area (Å²) in [6, 6.07) is 0. The van der Waals surface area contributed by atoms with Crippen molar-refractivity contribution >= 4 is 0 Å². The smallest absolute Gasteiger partial charge is 0.333 e. The molecule has 5 nitrogen and oxygen atoms in total. The van der Waals surface area contributed by atoms with Gasteiger partial charge in [-0.1, -0.05) is 19.8 Å². The van der Waals surface area contributed by atoms with Gasteiger partial charge in [0.15, 0.2) is 0 Å². The van der Waals surface area contributed by atoms with Crippen molar-refractivity contribution in [1.82, 2.24) is 9.13 Å². The van der Waals surface area contributed by atoms with Crippen LogP contribution in [-0.2, 0) is 14.1 Å². The zero-order valence-corrected chi connectivity index (χ0v) is 13.5. The molecule has 0 unspecified atom stereocenters. The van der Waals surface area contributed by atoms with Crippen LogP contribution in [0.4, 0.5) is 0 Å². The van der Waals surface area contributed by atoms with Gasteiger partial charge in [0.25, 0.3) is 5.56 Å². The first-order valence-corrected chi connectivity index (χ1v) is 7.74. The molecule has 1 fully saturated rings. The predicted octanol–water partition coefficient (Wildman–Crippen LogP) is 1.77. The molecule has 0 radical (unpaired) electrons. The first-order valence-electron chi connectivity index (χ1n) is 7.74. The van der Waals surface area contributed by atoms with Crippen molar-refractivity contribution in [1.29, 1.82) is 0 Å². The van der Waals surface area contributed by atoms with Crippen LogP contribution in [0.3, 0.4) is 0 Å². The molecule has 116 valence electrons. The van der Waals surface area contributed by atoms with E-state index in [1.54, 1.807) is 14.1 Å². The van der Waals surface area contributed by atoms with Crippen LogP contribution in [0.5, 0.6) is 5.88 Å². The topological polar surface area (TPSA) is 53.2 Å². The molecule has 3 atom stereocenters. The maximum atomic E-state index is 12.7. The summed E-state index contributed by atoms with van der Waals surface area (Å²) in [6.07, 6.45) is 3.38. The largest absolute Gasteiger partial charge is 0.472 e. The van der Waals surface area contributed by atoms with Crippen molar-refractivity contribution in [3.63, 3.8) is 0 Å². The molecule has 3 rings (SSSR count). The Labute approximate surface area is 124 Å². The quantitative estimate of drug-likeness (QED) is 0.732. The number of rotatable bonds is 0. The number of fused-ring (bicyclic) bond motifs is 3. The fraction of sp³-hybridized carbons (Fsp3) is 0.750. The molecule has 0 amide bonds. The molecule has 1 saturated carbocycles. The number of aromatic nitrogens is 2. The summed E-state index contributed by atoms with van der Waals surface area (Å²) in [6.45, 7) is 6.37. The lowest BCUT2D eigenvalue weighted by Gasteiger charge is -2.49. The van der Waals surface area contributed by atoms with Gasteiger partial charge in [-0.25, -0.2) is 4.79 Å². The zero-order valence-electron chi connectivity index (χ0n) is 13.5. The molecule has 21 heavy (non-hydrogen) atoms. The monoisotopic (exact) mass is 292 g/mol. The Morgan fingerprint density at radius 2 is 1.81 bits per heavy atom. The van der Waals surface area contributed by atoms with E-state index in [1.807, 2.05) is 0 Å². The highest BCUT2D eigenvalue weighted by Crippen LogP contribution is 2.52. The maximum Gasteiger partial charge on any atom is 0.333 e. The lowest BCUT2D eigenvalue weighted by molar-refractivity contribution is -0.0283. The average molecular weight is 292 g/mol. The Morgan fingerprint density at radius 3 is 2.48 bits per heavy atom. The molecule has 1 aliphatic carbocycles. The van der Waals surface area contributed by atoms with Crippen molar-refractivity contribution in [3.05, 3.63) is 26.4 Å². The molecule has 5 heteroatoms. The Bertz CT molecular complexity index is 699. The molecule has 1 aromatic heterocycles. The standard InChI is InChI=1S/C16H24N2O3/c1-9-7-6-8-10-11(9)12-13(19)17(4)15(20)18(5)14(12)21-16(10,2)3/h9-11H,6-8H2,1-5H3/t9-,10+,11+/m1/s1. The Balaban J connectivity index is 2.34. The van der Waals surface area contributed by atoms with E-state index in [1.165, 1.54) is 15.6 Å². The van der Waals surface area contributed by atoms with Gasteiger partial charge in [-0.3, -0.25) is 13.9 Å². The van der Waals surface area contributed by atoms with E-state index in [2.05, 4.69) is 20.8 Å². The Morgan fingerprint density at radius 1 is 1.14 bits per heavy atom. The van der Waals surface area contributed by atoms with Crippen LogP contribution in [0, 0.1) is 11.8 Å². The summed E-state index contributed by atoms with van der Waals surface area (Å²) in [5.41, 5.74) is -0.150. The lowest BCUT2D eigenvalue weighted by Crippen LogP contribution is -2.53. The molecule has 2 aliphatic rings. The van der Waals surface area contributed by atoms with E-state index >= 15 is 0 Å². The SMILES string of the molecule is C[C@@H]1CCC[C@H]2[C@H]1c1c(n(C)c(=O)n(C)c1=O)OC2(C)C. The summed E-state index contributed by atoms with van der Waals surface area (Å²) in [5.74, 6) is 1.43. The van der Waals surface area contributed by atoms with Crippen molar-refractivity contribution in [2.75, 3.05) is 0 Å². The van der Waals surface area contributed by atoms with E-state index in [-0.39, 0.29) is 22.8 Å². The molecule has 0 aromatic carbocycles. The normalized spacial score (nSPS) is 30.2. The van der Waals surface area contributed by atoms with E-state index < -0.39 is 0 Å².